The first-order chi connectivity index (χ1) is 6.66. The van der Waals surface area contributed by atoms with Crippen molar-refractivity contribution in [1.82, 2.24) is 9.78 Å². The van der Waals surface area contributed by atoms with Crippen molar-refractivity contribution in [2.75, 3.05) is 0 Å². The van der Waals surface area contributed by atoms with Gasteiger partial charge in [-0.25, -0.2) is 0 Å². The van der Waals surface area contributed by atoms with Crippen molar-refractivity contribution in [2.24, 2.45) is 18.7 Å². The normalized spacial score (nSPS) is 33.2. The number of hydrogen-bond donors (Lipinski definition) is 1. The molecule has 0 amide bonds. The van der Waals surface area contributed by atoms with Crippen LogP contribution >= 0.6 is 0 Å². The van der Waals surface area contributed by atoms with E-state index in [2.05, 4.69) is 18.2 Å². The predicted octanol–water partition coefficient (Wildman–Crippen LogP) is 1.65. The Morgan fingerprint density at radius 3 is 2.93 bits per heavy atom. The van der Waals surface area contributed by atoms with Gasteiger partial charge in [0.05, 0.1) is 6.20 Å². The Hall–Kier alpha value is -0.830. The van der Waals surface area contributed by atoms with Crippen LogP contribution in [0, 0.1) is 5.92 Å². The Morgan fingerprint density at radius 1 is 1.50 bits per heavy atom. The lowest BCUT2D eigenvalue weighted by molar-refractivity contribution is 0.306. The van der Waals surface area contributed by atoms with E-state index in [9.17, 15) is 0 Å². The molecule has 3 unspecified atom stereocenters. The second kappa shape index (κ2) is 3.73. The van der Waals surface area contributed by atoms with Gasteiger partial charge in [-0.05, 0) is 30.7 Å². The summed E-state index contributed by atoms with van der Waals surface area (Å²) in [6.07, 6.45) is 7.71. The number of nitrogens with two attached hydrogens (primary N) is 1. The van der Waals surface area contributed by atoms with Gasteiger partial charge in [0.2, 0.25) is 0 Å². The van der Waals surface area contributed by atoms with E-state index < -0.39 is 0 Å². The van der Waals surface area contributed by atoms with Crippen molar-refractivity contribution < 1.29 is 0 Å². The summed E-state index contributed by atoms with van der Waals surface area (Å²) in [5.74, 6) is 1.33. The molecule has 0 bridgehead atoms. The van der Waals surface area contributed by atoms with Crippen LogP contribution in [0.1, 0.15) is 37.7 Å². The maximum Gasteiger partial charge on any atom is 0.0525 e. The van der Waals surface area contributed by atoms with Gasteiger partial charge in [-0.15, -0.1) is 0 Å². The van der Waals surface area contributed by atoms with E-state index in [4.69, 9.17) is 5.73 Å². The molecule has 0 spiro atoms. The van der Waals surface area contributed by atoms with Gasteiger partial charge in [0.25, 0.3) is 0 Å². The van der Waals surface area contributed by atoms with Crippen LogP contribution in [0.15, 0.2) is 12.4 Å². The van der Waals surface area contributed by atoms with E-state index in [0.29, 0.717) is 12.0 Å². The van der Waals surface area contributed by atoms with Crippen molar-refractivity contribution in [3.05, 3.63) is 18.0 Å². The quantitative estimate of drug-likeness (QED) is 0.737. The molecule has 3 heteroatoms. The number of aromatic nitrogens is 2. The van der Waals surface area contributed by atoms with Gasteiger partial charge >= 0.3 is 0 Å². The van der Waals surface area contributed by atoms with Crippen molar-refractivity contribution in [1.29, 1.82) is 0 Å². The highest BCUT2D eigenvalue weighted by molar-refractivity contribution is 5.15. The highest BCUT2D eigenvalue weighted by Crippen LogP contribution is 2.34. The Morgan fingerprint density at radius 2 is 2.29 bits per heavy atom. The molecule has 1 aromatic heterocycles. The third kappa shape index (κ3) is 1.82. The van der Waals surface area contributed by atoms with Crippen LogP contribution in [0.4, 0.5) is 0 Å². The van der Waals surface area contributed by atoms with Gasteiger partial charge in [0.15, 0.2) is 0 Å². The summed E-state index contributed by atoms with van der Waals surface area (Å²) in [5, 5.41) is 4.21. The van der Waals surface area contributed by atoms with Crippen LogP contribution in [0.5, 0.6) is 0 Å². The number of nitrogens with zero attached hydrogens (tertiary/aromatic N) is 2. The zero-order chi connectivity index (χ0) is 10.1. The van der Waals surface area contributed by atoms with Crippen LogP contribution < -0.4 is 5.73 Å². The summed E-state index contributed by atoms with van der Waals surface area (Å²) < 4.78 is 1.86. The SMILES string of the molecule is CC1CCC(N)C(c2cnn(C)c2)C1. The van der Waals surface area contributed by atoms with Crippen LogP contribution in [0.3, 0.4) is 0 Å². The maximum atomic E-state index is 6.15. The third-order valence-corrected chi connectivity index (χ3v) is 3.32. The summed E-state index contributed by atoms with van der Waals surface area (Å²) in [5.41, 5.74) is 7.46. The number of hydrogen-bond acceptors (Lipinski definition) is 2. The van der Waals surface area contributed by atoms with Crippen LogP contribution in [-0.2, 0) is 7.05 Å². The third-order valence-electron chi connectivity index (χ3n) is 3.32. The predicted molar refractivity (Wildman–Crippen MR) is 56.9 cm³/mol. The zero-order valence-corrected chi connectivity index (χ0v) is 8.98. The lowest BCUT2D eigenvalue weighted by Gasteiger charge is -2.31. The van der Waals surface area contributed by atoms with Gasteiger partial charge in [0, 0.05) is 25.2 Å². The van der Waals surface area contributed by atoms with Crippen molar-refractivity contribution in [2.45, 2.75) is 38.1 Å². The molecule has 78 valence electrons. The minimum atomic E-state index is 0.329. The van der Waals surface area contributed by atoms with Crippen LogP contribution in [0.2, 0.25) is 0 Å². The van der Waals surface area contributed by atoms with E-state index in [0.717, 1.165) is 12.3 Å². The van der Waals surface area contributed by atoms with Crippen LogP contribution in [-0.4, -0.2) is 15.8 Å². The summed E-state index contributed by atoms with van der Waals surface area (Å²) in [6, 6.07) is 0.329. The molecular weight excluding hydrogens is 174 g/mol. The molecule has 1 aliphatic rings. The van der Waals surface area contributed by atoms with E-state index >= 15 is 0 Å². The molecule has 3 atom stereocenters. The smallest absolute Gasteiger partial charge is 0.0525 e. The molecule has 1 fully saturated rings. The van der Waals surface area contributed by atoms with Crippen molar-refractivity contribution in [3.63, 3.8) is 0 Å². The Bertz CT molecular complexity index is 305. The Labute approximate surface area is 85.3 Å². The summed E-state index contributed by atoms with van der Waals surface area (Å²) in [6.45, 7) is 2.31. The average Bonchev–Trinajstić information content (AvgIpc) is 2.56. The van der Waals surface area contributed by atoms with Crippen LogP contribution in [0.25, 0.3) is 0 Å². The molecule has 3 nitrogen and oxygen atoms in total. The maximum absolute atomic E-state index is 6.15. The lowest BCUT2D eigenvalue weighted by atomic mass is 9.77. The monoisotopic (exact) mass is 193 g/mol. The molecule has 1 aliphatic carbocycles. The fraction of sp³-hybridized carbons (Fsp3) is 0.727. The summed E-state index contributed by atoms with van der Waals surface area (Å²) >= 11 is 0. The molecule has 14 heavy (non-hydrogen) atoms. The molecule has 0 radical (unpaired) electrons. The van der Waals surface area contributed by atoms with E-state index in [-0.39, 0.29) is 0 Å². The second-order valence-corrected chi connectivity index (χ2v) is 4.64. The minimum Gasteiger partial charge on any atom is -0.327 e. The van der Waals surface area contributed by atoms with E-state index in [1.54, 1.807) is 0 Å². The molecule has 2 rings (SSSR count). The molecule has 0 aromatic carbocycles. The zero-order valence-electron chi connectivity index (χ0n) is 8.98. The van der Waals surface area contributed by atoms with Gasteiger partial charge in [-0.2, -0.15) is 5.10 Å². The second-order valence-electron chi connectivity index (χ2n) is 4.64. The highest BCUT2D eigenvalue weighted by Gasteiger charge is 2.27. The summed E-state index contributed by atoms with van der Waals surface area (Å²) in [4.78, 5) is 0. The molecule has 1 aromatic rings. The average molecular weight is 193 g/mol. The number of rotatable bonds is 1. The summed E-state index contributed by atoms with van der Waals surface area (Å²) in [7, 11) is 1.96. The minimum absolute atomic E-state index is 0.329. The lowest BCUT2D eigenvalue weighted by Crippen LogP contribution is -2.33. The van der Waals surface area contributed by atoms with Gasteiger partial charge in [-0.1, -0.05) is 6.92 Å². The van der Waals surface area contributed by atoms with Crippen molar-refractivity contribution >= 4 is 0 Å². The van der Waals surface area contributed by atoms with E-state index in [1.807, 2.05) is 17.9 Å². The van der Waals surface area contributed by atoms with Gasteiger partial charge in [0.1, 0.15) is 0 Å². The first-order valence-electron chi connectivity index (χ1n) is 5.41. The first-order valence-corrected chi connectivity index (χ1v) is 5.41. The highest BCUT2D eigenvalue weighted by atomic mass is 15.2. The molecular formula is C11H19N3. The molecule has 0 saturated heterocycles. The van der Waals surface area contributed by atoms with Crippen molar-refractivity contribution in [3.8, 4) is 0 Å². The first kappa shape index (κ1) is 9.71. The van der Waals surface area contributed by atoms with Gasteiger partial charge < -0.3 is 5.73 Å². The molecule has 1 saturated carbocycles. The fourth-order valence-electron chi connectivity index (χ4n) is 2.42. The fourth-order valence-corrected chi connectivity index (χ4v) is 2.42. The standard InChI is InChI=1S/C11H19N3/c1-8-3-4-11(12)10(5-8)9-6-13-14(2)7-9/h6-8,10-11H,3-5,12H2,1-2H3. The van der Waals surface area contributed by atoms with Gasteiger partial charge in [-0.3, -0.25) is 4.68 Å². The number of aryl methyl sites for hydroxylation is 1. The largest absolute Gasteiger partial charge is 0.327 e. The topological polar surface area (TPSA) is 43.8 Å². The Balaban J connectivity index is 2.15. The molecule has 1 heterocycles. The Kier molecular flexibility index (Phi) is 2.59. The van der Waals surface area contributed by atoms with E-state index in [1.165, 1.54) is 18.4 Å². The molecule has 0 aliphatic heterocycles. The molecule has 2 N–H and O–H groups in total.